The number of halogens is 4. The Kier molecular flexibility index (Phi) is 5.63. The Morgan fingerprint density at radius 3 is 2.85 bits per heavy atom. The molecule has 140 valence electrons. The first kappa shape index (κ1) is 19.5. The second-order valence-electron chi connectivity index (χ2n) is 5.93. The molecule has 1 amide bonds. The fraction of sp³-hybridized carbons (Fsp3) is 0.278. The molecule has 0 fully saturated rings. The highest BCUT2D eigenvalue weighted by molar-refractivity contribution is 8.14. The highest BCUT2D eigenvalue weighted by Gasteiger charge is 2.38. The second-order valence-corrected chi connectivity index (χ2v) is 7.38. The number of rotatable bonds is 3. The van der Waals surface area contributed by atoms with E-state index in [2.05, 4.69) is 10.3 Å². The SMILES string of the molecule is N#CC1=CCC(NC(=O)C2CSC(c3cccc(Cl)c3)=N2)C=C1C(F)(F)F. The summed E-state index contributed by atoms with van der Waals surface area (Å²) in [5, 5.41) is 12.6. The zero-order chi connectivity index (χ0) is 19.6. The molecule has 9 heteroatoms. The Balaban J connectivity index is 1.70. The molecule has 1 heterocycles. The van der Waals surface area contributed by atoms with E-state index >= 15 is 0 Å². The van der Waals surface area contributed by atoms with Crippen LogP contribution in [0.3, 0.4) is 0 Å². The Labute approximate surface area is 162 Å². The van der Waals surface area contributed by atoms with Crippen LogP contribution >= 0.6 is 23.4 Å². The largest absolute Gasteiger partial charge is 0.417 e. The molecule has 2 atom stereocenters. The van der Waals surface area contributed by atoms with Crippen molar-refractivity contribution in [1.82, 2.24) is 5.32 Å². The van der Waals surface area contributed by atoms with Crippen molar-refractivity contribution >= 4 is 34.3 Å². The minimum absolute atomic E-state index is 0.124. The fourth-order valence-electron chi connectivity index (χ4n) is 2.73. The molecule has 2 unspecified atom stereocenters. The van der Waals surface area contributed by atoms with E-state index < -0.39 is 35.3 Å². The molecular weight excluding hydrogens is 399 g/mol. The maximum atomic E-state index is 13.1. The monoisotopic (exact) mass is 411 g/mol. The molecule has 0 spiro atoms. The lowest BCUT2D eigenvalue weighted by molar-refractivity contribution is -0.122. The standard InChI is InChI=1S/C18H13ClF3N3OS/c19-12-3-1-2-10(6-12)17-25-15(9-27-17)16(26)24-13-5-4-11(8-23)14(7-13)18(20,21)22/h1-4,6-7,13,15H,5,9H2,(H,24,26). The second kappa shape index (κ2) is 7.79. The third-order valence-corrected chi connectivity index (χ3v) is 5.34. The van der Waals surface area contributed by atoms with Crippen LogP contribution in [0.2, 0.25) is 5.02 Å². The summed E-state index contributed by atoms with van der Waals surface area (Å²) < 4.78 is 39.2. The summed E-state index contributed by atoms with van der Waals surface area (Å²) in [6, 6.07) is 7.09. The Hall–Kier alpha value is -2.24. The summed E-state index contributed by atoms with van der Waals surface area (Å²) in [4.78, 5) is 16.8. The molecular formula is C18H13ClF3N3OS. The van der Waals surface area contributed by atoms with E-state index in [-0.39, 0.29) is 6.42 Å². The van der Waals surface area contributed by atoms with Gasteiger partial charge in [-0.2, -0.15) is 18.4 Å². The summed E-state index contributed by atoms with van der Waals surface area (Å²) in [6.45, 7) is 0. The topological polar surface area (TPSA) is 65.2 Å². The predicted octanol–water partition coefficient (Wildman–Crippen LogP) is 4.03. The van der Waals surface area contributed by atoms with Crippen molar-refractivity contribution in [2.24, 2.45) is 4.99 Å². The number of carbonyl (C=O) groups excluding carboxylic acids is 1. The Morgan fingerprint density at radius 2 is 2.19 bits per heavy atom. The fourth-order valence-corrected chi connectivity index (χ4v) is 3.96. The number of hydrogen-bond acceptors (Lipinski definition) is 4. The van der Waals surface area contributed by atoms with Crippen LogP contribution in [0.25, 0.3) is 0 Å². The van der Waals surface area contributed by atoms with Gasteiger partial charge in [0.2, 0.25) is 5.91 Å². The summed E-state index contributed by atoms with van der Waals surface area (Å²) in [5.41, 5.74) is -0.655. The van der Waals surface area contributed by atoms with Crippen LogP contribution < -0.4 is 5.32 Å². The van der Waals surface area contributed by atoms with Crippen molar-refractivity contribution in [2.75, 3.05) is 5.75 Å². The number of benzene rings is 1. The van der Waals surface area contributed by atoms with Crippen LogP contribution in [0, 0.1) is 11.3 Å². The number of nitriles is 1. The van der Waals surface area contributed by atoms with E-state index in [1.807, 2.05) is 6.07 Å². The molecule has 0 radical (unpaired) electrons. The molecule has 2 aliphatic rings. The van der Waals surface area contributed by atoms with Crippen molar-refractivity contribution in [3.05, 3.63) is 58.1 Å². The summed E-state index contributed by atoms with van der Waals surface area (Å²) in [7, 11) is 0. The molecule has 1 aromatic rings. The molecule has 1 aliphatic heterocycles. The average Bonchev–Trinajstić information content (AvgIpc) is 3.11. The number of aliphatic imine (C=N–C) groups is 1. The van der Waals surface area contributed by atoms with Crippen molar-refractivity contribution in [2.45, 2.75) is 24.7 Å². The normalized spacial score (nSPS) is 22.4. The maximum Gasteiger partial charge on any atom is 0.417 e. The van der Waals surface area contributed by atoms with Crippen LogP contribution in [0.5, 0.6) is 0 Å². The average molecular weight is 412 g/mol. The number of nitrogens with zero attached hydrogens (tertiary/aromatic N) is 2. The summed E-state index contributed by atoms with van der Waals surface area (Å²) in [5.74, 6) is -0.0497. The van der Waals surface area contributed by atoms with Gasteiger partial charge >= 0.3 is 6.18 Å². The number of hydrogen-bond donors (Lipinski definition) is 1. The van der Waals surface area contributed by atoms with Gasteiger partial charge in [-0.05, 0) is 24.6 Å². The number of amides is 1. The van der Waals surface area contributed by atoms with E-state index in [1.54, 1.807) is 24.3 Å². The first-order valence-corrected chi connectivity index (χ1v) is 9.31. The quantitative estimate of drug-likeness (QED) is 0.816. The van der Waals surface area contributed by atoms with E-state index in [0.29, 0.717) is 15.8 Å². The highest BCUT2D eigenvalue weighted by Crippen LogP contribution is 2.34. The van der Waals surface area contributed by atoms with Crippen molar-refractivity contribution in [1.29, 1.82) is 5.26 Å². The van der Waals surface area contributed by atoms with Gasteiger partial charge in [0.15, 0.2) is 0 Å². The first-order chi connectivity index (χ1) is 12.8. The molecule has 1 aliphatic carbocycles. The zero-order valence-corrected chi connectivity index (χ0v) is 15.3. The molecule has 0 saturated carbocycles. The number of carbonyl (C=O) groups is 1. The molecule has 0 saturated heterocycles. The van der Waals surface area contributed by atoms with Crippen LogP contribution in [-0.4, -0.2) is 35.0 Å². The van der Waals surface area contributed by atoms with Gasteiger partial charge in [0.05, 0.1) is 28.3 Å². The van der Waals surface area contributed by atoms with Crippen LogP contribution in [0.4, 0.5) is 13.2 Å². The molecule has 1 N–H and O–H groups in total. The summed E-state index contributed by atoms with van der Waals surface area (Å²) in [6.07, 6.45) is -2.44. The number of allylic oxidation sites excluding steroid dienone is 2. The van der Waals surface area contributed by atoms with E-state index in [0.717, 1.165) is 11.6 Å². The van der Waals surface area contributed by atoms with Gasteiger partial charge < -0.3 is 5.32 Å². The smallest absolute Gasteiger partial charge is 0.348 e. The van der Waals surface area contributed by atoms with Gasteiger partial charge in [0, 0.05) is 16.3 Å². The van der Waals surface area contributed by atoms with Crippen LogP contribution in [0.15, 0.2) is 52.6 Å². The van der Waals surface area contributed by atoms with Gasteiger partial charge in [-0.3, -0.25) is 9.79 Å². The van der Waals surface area contributed by atoms with Gasteiger partial charge in [-0.1, -0.05) is 29.8 Å². The number of alkyl halides is 3. The van der Waals surface area contributed by atoms with Gasteiger partial charge in [-0.25, -0.2) is 0 Å². The number of nitrogens with one attached hydrogen (secondary N) is 1. The van der Waals surface area contributed by atoms with Crippen molar-refractivity contribution in [3.8, 4) is 6.07 Å². The van der Waals surface area contributed by atoms with Crippen LogP contribution in [0.1, 0.15) is 12.0 Å². The first-order valence-electron chi connectivity index (χ1n) is 7.94. The minimum Gasteiger partial charge on any atom is -0.348 e. The number of thioether (sulfide) groups is 1. The zero-order valence-electron chi connectivity index (χ0n) is 13.8. The predicted molar refractivity (Wildman–Crippen MR) is 98.6 cm³/mol. The van der Waals surface area contributed by atoms with Crippen molar-refractivity contribution < 1.29 is 18.0 Å². The Morgan fingerprint density at radius 1 is 1.41 bits per heavy atom. The maximum absolute atomic E-state index is 13.1. The van der Waals surface area contributed by atoms with E-state index in [9.17, 15) is 18.0 Å². The molecule has 1 aromatic carbocycles. The molecule has 0 aromatic heterocycles. The van der Waals surface area contributed by atoms with Gasteiger partial charge in [0.25, 0.3) is 0 Å². The third kappa shape index (κ3) is 4.54. The lowest BCUT2D eigenvalue weighted by atomic mass is 9.95. The van der Waals surface area contributed by atoms with Crippen molar-refractivity contribution in [3.63, 3.8) is 0 Å². The minimum atomic E-state index is -4.65. The summed E-state index contributed by atoms with van der Waals surface area (Å²) >= 11 is 7.35. The van der Waals surface area contributed by atoms with Gasteiger partial charge in [-0.15, -0.1) is 11.8 Å². The Bertz CT molecular complexity index is 902. The lowest BCUT2D eigenvalue weighted by Crippen LogP contribution is -2.41. The highest BCUT2D eigenvalue weighted by atomic mass is 35.5. The third-order valence-electron chi connectivity index (χ3n) is 4.01. The van der Waals surface area contributed by atoms with E-state index in [1.165, 1.54) is 17.8 Å². The van der Waals surface area contributed by atoms with Crippen LogP contribution in [-0.2, 0) is 4.79 Å². The molecule has 3 rings (SSSR count). The molecule has 0 bridgehead atoms. The van der Waals surface area contributed by atoms with Gasteiger partial charge in [0.1, 0.15) is 6.04 Å². The molecule has 4 nitrogen and oxygen atoms in total. The van der Waals surface area contributed by atoms with E-state index in [4.69, 9.17) is 16.9 Å². The molecule has 27 heavy (non-hydrogen) atoms. The lowest BCUT2D eigenvalue weighted by Gasteiger charge is -2.22.